The third kappa shape index (κ3) is 6.71. The van der Waals surface area contributed by atoms with Gasteiger partial charge in [0.15, 0.2) is 11.2 Å². The highest BCUT2D eigenvalue weighted by molar-refractivity contribution is 5.80. The van der Waals surface area contributed by atoms with Gasteiger partial charge >= 0.3 is 0 Å². The molecule has 0 bridgehead atoms. The molecule has 1 aliphatic rings. The standard InChI is InChI=1S/C48H58N2O4/c1-44(2,3)32-22-28(23-33(40(32)51)45(4,5)6)42-49-36-26-30(16-18-38(36)53-42)48(20-14-13-15-21-48)31-17-19-39-37(27-31)50-43(54-39)29-24-34(46(7,8)9)41(52)35(25-29)47(10,11)12/h16-19,22-27,51-52H,13-15,20-21H2,1-12H3. The molecule has 0 radical (unpaired) electrons. The number of rotatable bonds is 4. The van der Waals surface area contributed by atoms with Crippen LogP contribution in [0.3, 0.4) is 0 Å². The zero-order chi connectivity index (χ0) is 39.2. The minimum absolute atomic E-state index is 0.201. The molecule has 0 spiro atoms. The zero-order valence-electron chi connectivity index (χ0n) is 34.4. The number of phenolic OH excluding ortho intramolecular Hbond substituents is 2. The first-order valence-corrected chi connectivity index (χ1v) is 19.7. The number of nitrogens with zero attached hydrogens (tertiary/aromatic N) is 2. The van der Waals surface area contributed by atoms with E-state index in [1.165, 1.54) is 17.5 Å². The van der Waals surface area contributed by atoms with Gasteiger partial charge in [-0.15, -0.1) is 0 Å². The van der Waals surface area contributed by atoms with Crippen LogP contribution in [0.1, 0.15) is 149 Å². The molecule has 1 saturated carbocycles. The number of benzene rings is 4. The van der Waals surface area contributed by atoms with Gasteiger partial charge in [0, 0.05) is 38.8 Å². The van der Waals surface area contributed by atoms with Crippen molar-refractivity contribution in [2.75, 3.05) is 0 Å². The van der Waals surface area contributed by atoms with E-state index in [1.54, 1.807) is 0 Å². The van der Waals surface area contributed by atoms with Crippen molar-refractivity contribution in [1.82, 2.24) is 9.97 Å². The van der Waals surface area contributed by atoms with Crippen molar-refractivity contribution < 1.29 is 19.0 Å². The van der Waals surface area contributed by atoms with Crippen LogP contribution in [0.25, 0.3) is 45.1 Å². The van der Waals surface area contributed by atoms with Gasteiger partial charge in [0.2, 0.25) is 11.8 Å². The number of fused-ring (bicyclic) bond motifs is 2. The van der Waals surface area contributed by atoms with E-state index in [2.05, 4.69) is 119 Å². The summed E-state index contributed by atoms with van der Waals surface area (Å²) < 4.78 is 12.9. The van der Waals surface area contributed by atoms with Gasteiger partial charge in [-0.3, -0.25) is 0 Å². The molecule has 2 aromatic heterocycles. The largest absolute Gasteiger partial charge is 0.507 e. The fourth-order valence-corrected chi connectivity index (χ4v) is 8.40. The molecule has 0 unspecified atom stereocenters. The van der Waals surface area contributed by atoms with E-state index < -0.39 is 0 Å². The lowest BCUT2D eigenvalue weighted by molar-refractivity contribution is 0.346. The second-order valence-electron chi connectivity index (χ2n) is 19.9. The first-order chi connectivity index (χ1) is 25.1. The first kappa shape index (κ1) is 37.7. The van der Waals surface area contributed by atoms with E-state index in [-0.39, 0.29) is 27.1 Å². The van der Waals surface area contributed by atoms with Crippen LogP contribution < -0.4 is 0 Å². The van der Waals surface area contributed by atoms with E-state index in [4.69, 9.17) is 18.8 Å². The molecule has 2 N–H and O–H groups in total. The highest BCUT2D eigenvalue weighted by atomic mass is 16.4. The fourth-order valence-electron chi connectivity index (χ4n) is 8.40. The van der Waals surface area contributed by atoms with Crippen LogP contribution in [0.15, 0.2) is 69.5 Å². The lowest BCUT2D eigenvalue weighted by atomic mass is 9.65. The van der Waals surface area contributed by atoms with Crippen molar-refractivity contribution in [3.8, 4) is 34.4 Å². The van der Waals surface area contributed by atoms with Gasteiger partial charge in [0.05, 0.1) is 0 Å². The van der Waals surface area contributed by atoms with Gasteiger partial charge < -0.3 is 19.0 Å². The monoisotopic (exact) mass is 726 g/mol. The van der Waals surface area contributed by atoms with Crippen LogP contribution in [0.5, 0.6) is 11.5 Å². The van der Waals surface area contributed by atoms with Crippen molar-refractivity contribution in [2.45, 2.75) is 142 Å². The van der Waals surface area contributed by atoms with E-state index >= 15 is 0 Å². The summed E-state index contributed by atoms with van der Waals surface area (Å²) in [6.45, 7) is 25.5. The number of phenols is 2. The van der Waals surface area contributed by atoms with E-state index in [9.17, 15) is 10.2 Å². The Morgan fingerprint density at radius 1 is 0.481 bits per heavy atom. The van der Waals surface area contributed by atoms with Crippen LogP contribution in [0.2, 0.25) is 0 Å². The average Bonchev–Trinajstić information content (AvgIpc) is 3.70. The minimum Gasteiger partial charge on any atom is -0.507 e. The smallest absolute Gasteiger partial charge is 0.227 e. The Morgan fingerprint density at radius 3 is 1.13 bits per heavy atom. The summed E-state index contributed by atoms with van der Waals surface area (Å²) in [4.78, 5) is 10.2. The number of hydrogen-bond acceptors (Lipinski definition) is 6. The molecule has 7 rings (SSSR count). The molecule has 54 heavy (non-hydrogen) atoms. The van der Waals surface area contributed by atoms with Crippen molar-refractivity contribution >= 4 is 22.2 Å². The van der Waals surface area contributed by atoms with E-state index in [0.717, 1.165) is 81.3 Å². The Balaban J connectivity index is 1.31. The van der Waals surface area contributed by atoms with Gasteiger partial charge in [-0.05, 0) is 94.2 Å². The maximum absolute atomic E-state index is 11.3. The molecule has 6 heteroatoms. The second kappa shape index (κ2) is 12.7. The van der Waals surface area contributed by atoms with Crippen LogP contribution in [-0.4, -0.2) is 20.2 Å². The highest BCUT2D eigenvalue weighted by Crippen LogP contribution is 2.48. The molecular weight excluding hydrogens is 669 g/mol. The van der Waals surface area contributed by atoms with Crippen LogP contribution in [-0.2, 0) is 27.1 Å². The Bertz CT molecular complexity index is 2140. The van der Waals surface area contributed by atoms with E-state index in [1.807, 2.05) is 24.3 Å². The lowest BCUT2D eigenvalue weighted by Crippen LogP contribution is -2.30. The zero-order valence-corrected chi connectivity index (χ0v) is 34.4. The molecule has 0 aliphatic heterocycles. The Hall–Kier alpha value is -4.58. The van der Waals surface area contributed by atoms with Gasteiger partial charge in [-0.2, -0.15) is 0 Å². The summed E-state index contributed by atoms with van der Waals surface area (Å²) in [5.41, 5.74) is 9.68. The average molecular weight is 727 g/mol. The fraction of sp³-hybridized carbons (Fsp3) is 0.458. The summed E-state index contributed by atoms with van der Waals surface area (Å²) in [5, 5.41) is 22.7. The topological polar surface area (TPSA) is 92.5 Å². The third-order valence-electron chi connectivity index (χ3n) is 11.5. The maximum atomic E-state index is 11.3. The number of aromatic nitrogens is 2. The van der Waals surface area contributed by atoms with Crippen molar-refractivity contribution in [2.24, 2.45) is 0 Å². The maximum Gasteiger partial charge on any atom is 0.227 e. The predicted octanol–water partition coefficient (Wildman–Crippen LogP) is 13.2. The SMILES string of the molecule is CC(C)(C)c1cc(-c2nc3cc(C4(c5ccc6oc(-c7cc(C(C)(C)C)c(O)c(C(C)(C)C)c7)nc6c5)CCCCC4)ccc3o2)cc(C(C)(C)C)c1O. The van der Waals surface area contributed by atoms with E-state index in [0.29, 0.717) is 23.3 Å². The summed E-state index contributed by atoms with van der Waals surface area (Å²) in [5.74, 6) is 1.82. The molecular formula is C48H58N2O4. The number of aromatic hydroxyl groups is 2. The Labute approximate surface area is 321 Å². The molecule has 6 nitrogen and oxygen atoms in total. The Kier molecular flexibility index (Phi) is 8.91. The third-order valence-corrected chi connectivity index (χ3v) is 11.5. The van der Waals surface area contributed by atoms with Gasteiger partial charge in [-0.25, -0.2) is 9.97 Å². The summed E-state index contributed by atoms with van der Waals surface area (Å²) in [6.07, 6.45) is 5.56. The summed E-state index contributed by atoms with van der Waals surface area (Å²) in [6, 6.07) is 21.2. The highest BCUT2D eigenvalue weighted by Gasteiger charge is 2.37. The Morgan fingerprint density at radius 2 is 0.815 bits per heavy atom. The van der Waals surface area contributed by atoms with Gasteiger partial charge in [0.25, 0.3) is 0 Å². The van der Waals surface area contributed by atoms with Crippen molar-refractivity contribution in [3.05, 3.63) is 94.0 Å². The molecule has 0 atom stereocenters. The van der Waals surface area contributed by atoms with Crippen molar-refractivity contribution in [3.63, 3.8) is 0 Å². The molecule has 4 aromatic carbocycles. The molecule has 284 valence electrons. The molecule has 0 saturated heterocycles. The lowest BCUT2D eigenvalue weighted by Gasteiger charge is -2.38. The van der Waals surface area contributed by atoms with Crippen molar-refractivity contribution in [1.29, 1.82) is 0 Å². The second-order valence-corrected chi connectivity index (χ2v) is 19.9. The number of oxazole rings is 2. The molecule has 0 amide bonds. The predicted molar refractivity (Wildman–Crippen MR) is 221 cm³/mol. The van der Waals surface area contributed by atoms with Crippen LogP contribution in [0.4, 0.5) is 0 Å². The van der Waals surface area contributed by atoms with Crippen LogP contribution >= 0.6 is 0 Å². The molecule has 2 heterocycles. The minimum atomic E-state index is -0.257. The molecule has 1 aliphatic carbocycles. The molecule has 1 fully saturated rings. The summed E-state index contributed by atoms with van der Waals surface area (Å²) in [7, 11) is 0. The summed E-state index contributed by atoms with van der Waals surface area (Å²) >= 11 is 0. The first-order valence-electron chi connectivity index (χ1n) is 19.7. The molecule has 6 aromatic rings. The van der Waals surface area contributed by atoms with Gasteiger partial charge in [-0.1, -0.05) is 114 Å². The number of hydrogen-bond donors (Lipinski definition) is 2. The normalized spacial score (nSPS) is 15.7. The van der Waals surface area contributed by atoms with Gasteiger partial charge in [0.1, 0.15) is 22.5 Å². The van der Waals surface area contributed by atoms with Crippen LogP contribution in [0, 0.1) is 0 Å². The quantitative estimate of drug-likeness (QED) is 0.188.